The van der Waals surface area contributed by atoms with E-state index in [1.54, 1.807) is 0 Å². The van der Waals surface area contributed by atoms with E-state index in [-0.39, 0.29) is 0 Å². The Labute approximate surface area is 99.8 Å². The smallest absolute Gasteiger partial charge is 0.192 e. The zero-order valence-corrected chi connectivity index (χ0v) is 10.0. The molecule has 16 heavy (non-hydrogen) atoms. The zero-order chi connectivity index (χ0) is 11.4. The third kappa shape index (κ3) is 2.74. The minimum Gasteiger partial charge on any atom is -0.441 e. The van der Waals surface area contributed by atoms with E-state index in [9.17, 15) is 0 Å². The molecular weight excluding hydrogens is 224 g/mol. The van der Waals surface area contributed by atoms with Gasteiger partial charge in [0.1, 0.15) is 5.52 Å². The molecule has 4 heteroatoms. The number of aryl methyl sites for hydroxylation is 1. The van der Waals surface area contributed by atoms with E-state index in [1.807, 2.05) is 13.0 Å². The molecule has 2 rings (SSSR count). The lowest BCUT2D eigenvalue weighted by Gasteiger charge is -2.02. The average Bonchev–Trinajstić information content (AvgIpc) is 2.64. The van der Waals surface area contributed by atoms with E-state index in [1.165, 1.54) is 5.56 Å². The van der Waals surface area contributed by atoms with Gasteiger partial charge in [-0.25, -0.2) is 4.98 Å². The van der Waals surface area contributed by atoms with E-state index < -0.39 is 0 Å². The Morgan fingerprint density at radius 1 is 1.44 bits per heavy atom. The van der Waals surface area contributed by atoms with Crippen LogP contribution in [0.2, 0.25) is 0 Å². The van der Waals surface area contributed by atoms with Gasteiger partial charge in [-0.05, 0) is 30.7 Å². The van der Waals surface area contributed by atoms with Crippen molar-refractivity contribution >= 4 is 22.7 Å². The van der Waals surface area contributed by atoms with Gasteiger partial charge in [0.2, 0.25) is 0 Å². The normalized spacial score (nSPS) is 11.1. The van der Waals surface area contributed by atoms with Crippen LogP contribution in [0.1, 0.15) is 17.9 Å². The maximum absolute atomic E-state index is 5.60. The topological polar surface area (TPSA) is 38.1 Å². The van der Waals surface area contributed by atoms with Crippen molar-refractivity contribution in [2.45, 2.75) is 19.9 Å². The molecule has 0 aliphatic rings. The molecule has 1 heterocycles. The molecule has 0 fully saturated rings. The second-order valence-corrected chi connectivity index (χ2v) is 4.13. The number of nitrogens with zero attached hydrogens (tertiary/aromatic N) is 1. The number of benzene rings is 1. The highest BCUT2D eigenvalue weighted by Crippen LogP contribution is 2.16. The summed E-state index contributed by atoms with van der Waals surface area (Å²) in [6.45, 7) is 3.65. The highest BCUT2D eigenvalue weighted by atomic mass is 35.5. The van der Waals surface area contributed by atoms with Gasteiger partial charge in [-0.3, -0.25) is 0 Å². The van der Waals surface area contributed by atoms with Crippen LogP contribution < -0.4 is 5.32 Å². The fourth-order valence-electron chi connectivity index (χ4n) is 1.62. The Bertz CT molecular complexity index is 467. The van der Waals surface area contributed by atoms with Gasteiger partial charge in [0, 0.05) is 19.3 Å². The summed E-state index contributed by atoms with van der Waals surface area (Å²) >= 11 is 5.60. The van der Waals surface area contributed by atoms with Gasteiger partial charge in [-0.15, -0.1) is 11.6 Å². The fraction of sp³-hybridized carbons (Fsp3) is 0.417. The first-order valence-electron chi connectivity index (χ1n) is 5.42. The second kappa shape index (κ2) is 5.32. The summed E-state index contributed by atoms with van der Waals surface area (Å²) in [5, 5.41) is 3.33. The molecule has 1 aromatic heterocycles. The first-order valence-corrected chi connectivity index (χ1v) is 5.96. The van der Waals surface area contributed by atoms with Crippen LogP contribution in [0.4, 0.5) is 0 Å². The quantitative estimate of drug-likeness (QED) is 0.643. The predicted octanol–water partition coefficient (Wildman–Crippen LogP) is 2.85. The van der Waals surface area contributed by atoms with E-state index in [4.69, 9.17) is 16.0 Å². The summed E-state index contributed by atoms with van der Waals surface area (Å²) in [6, 6.07) is 6.08. The monoisotopic (exact) mass is 238 g/mol. The Morgan fingerprint density at radius 2 is 2.31 bits per heavy atom. The molecule has 0 aliphatic carbocycles. The number of hydrogen-bond donors (Lipinski definition) is 1. The molecule has 0 aliphatic heterocycles. The summed E-state index contributed by atoms with van der Waals surface area (Å²) in [6.07, 6.45) is 0.993. The molecule has 1 N–H and O–H groups in total. The zero-order valence-electron chi connectivity index (χ0n) is 9.29. The standard InChI is InChI=1S/C12H15ClN2O/c1-9-15-11-7-10(3-4-12(11)16-9)8-14-6-2-5-13/h3-4,7,14H,2,5-6,8H2,1H3. The molecule has 0 atom stereocenters. The van der Waals surface area contributed by atoms with Gasteiger partial charge in [-0.1, -0.05) is 6.07 Å². The Kier molecular flexibility index (Phi) is 3.80. The maximum atomic E-state index is 5.60. The number of alkyl halides is 1. The first-order chi connectivity index (χ1) is 7.79. The fourth-order valence-corrected chi connectivity index (χ4v) is 1.76. The Balaban J connectivity index is 2.02. The number of hydrogen-bond acceptors (Lipinski definition) is 3. The van der Waals surface area contributed by atoms with Crippen molar-refractivity contribution in [2.75, 3.05) is 12.4 Å². The van der Waals surface area contributed by atoms with Crippen molar-refractivity contribution in [3.05, 3.63) is 29.7 Å². The van der Waals surface area contributed by atoms with E-state index in [0.29, 0.717) is 11.8 Å². The lowest BCUT2D eigenvalue weighted by molar-refractivity contribution is 0.561. The molecule has 86 valence electrons. The van der Waals surface area contributed by atoms with Gasteiger partial charge in [0.25, 0.3) is 0 Å². The molecule has 0 bridgehead atoms. The van der Waals surface area contributed by atoms with Crippen LogP contribution in [0.15, 0.2) is 22.6 Å². The predicted molar refractivity (Wildman–Crippen MR) is 65.8 cm³/mol. The van der Waals surface area contributed by atoms with Crippen molar-refractivity contribution in [1.29, 1.82) is 0 Å². The van der Waals surface area contributed by atoms with Gasteiger partial charge in [0.15, 0.2) is 11.5 Å². The average molecular weight is 239 g/mol. The van der Waals surface area contributed by atoms with Crippen molar-refractivity contribution in [3.63, 3.8) is 0 Å². The highest BCUT2D eigenvalue weighted by molar-refractivity contribution is 6.17. The van der Waals surface area contributed by atoms with Crippen LogP contribution in [0, 0.1) is 6.92 Å². The van der Waals surface area contributed by atoms with Gasteiger partial charge >= 0.3 is 0 Å². The molecule has 0 amide bonds. The molecule has 1 aromatic carbocycles. The van der Waals surface area contributed by atoms with Crippen molar-refractivity contribution in [2.24, 2.45) is 0 Å². The van der Waals surface area contributed by atoms with Gasteiger partial charge in [-0.2, -0.15) is 0 Å². The SMILES string of the molecule is Cc1nc2cc(CNCCCCl)ccc2o1. The molecule has 3 nitrogen and oxygen atoms in total. The van der Waals surface area contributed by atoms with Gasteiger partial charge in [0.05, 0.1) is 0 Å². The van der Waals surface area contributed by atoms with Crippen LogP contribution in [-0.4, -0.2) is 17.4 Å². The van der Waals surface area contributed by atoms with Crippen LogP contribution >= 0.6 is 11.6 Å². The Hall–Kier alpha value is -1.06. The van der Waals surface area contributed by atoms with Crippen molar-refractivity contribution in [1.82, 2.24) is 10.3 Å². The van der Waals surface area contributed by atoms with E-state index in [2.05, 4.69) is 22.4 Å². The van der Waals surface area contributed by atoms with Gasteiger partial charge < -0.3 is 9.73 Å². The van der Waals surface area contributed by atoms with Crippen LogP contribution in [0.5, 0.6) is 0 Å². The first kappa shape index (κ1) is 11.4. The third-order valence-corrected chi connectivity index (χ3v) is 2.64. The summed E-state index contributed by atoms with van der Waals surface area (Å²) < 4.78 is 5.42. The number of rotatable bonds is 5. The molecule has 2 aromatic rings. The molecule has 0 spiro atoms. The number of fused-ring (bicyclic) bond motifs is 1. The minimum absolute atomic E-state index is 0.703. The molecular formula is C12H15ClN2O. The van der Waals surface area contributed by atoms with Crippen molar-refractivity contribution in [3.8, 4) is 0 Å². The summed E-state index contributed by atoms with van der Waals surface area (Å²) in [5.74, 6) is 1.41. The van der Waals surface area contributed by atoms with Crippen molar-refractivity contribution < 1.29 is 4.42 Å². The number of aromatic nitrogens is 1. The number of halogens is 1. The lowest BCUT2D eigenvalue weighted by atomic mass is 10.2. The number of nitrogens with one attached hydrogen (secondary N) is 1. The molecule has 0 radical (unpaired) electrons. The summed E-state index contributed by atoms with van der Waals surface area (Å²) in [5.41, 5.74) is 2.99. The van der Waals surface area contributed by atoms with Crippen LogP contribution in [-0.2, 0) is 6.54 Å². The van der Waals surface area contributed by atoms with E-state index >= 15 is 0 Å². The molecule has 0 unspecified atom stereocenters. The summed E-state index contributed by atoms with van der Waals surface area (Å²) in [7, 11) is 0. The lowest BCUT2D eigenvalue weighted by Crippen LogP contribution is -2.14. The summed E-state index contributed by atoms with van der Waals surface area (Å²) in [4.78, 5) is 4.30. The number of oxazole rings is 1. The Morgan fingerprint density at radius 3 is 3.12 bits per heavy atom. The minimum atomic E-state index is 0.703. The third-order valence-electron chi connectivity index (χ3n) is 2.38. The van der Waals surface area contributed by atoms with E-state index in [0.717, 1.165) is 30.6 Å². The highest BCUT2D eigenvalue weighted by Gasteiger charge is 2.02. The molecule has 0 saturated carbocycles. The maximum Gasteiger partial charge on any atom is 0.192 e. The van der Waals surface area contributed by atoms with Crippen LogP contribution in [0.25, 0.3) is 11.1 Å². The molecule has 0 saturated heterocycles. The largest absolute Gasteiger partial charge is 0.441 e. The second-order valence-electron chi connectivity index (χ2n) is 3.75. The van der Waals surface area contributed by atoms with Crippen LogP contribution in [0.3, 0.4) is 0 Å².